The van der Waals surface area contributed by atoms with E-state index in [1.54, 1.807) is 38.5 Å². The van der Waals surface area contributed by atoms with Crippen LogP contribution >= 0.6 is 23.2 Å². The van der Waals surface area contributed by atoms with Gasteiger partial charge in [-0.25, -0.2) is 0 Å². The number of alkyl halides is 2. The number of aromatic hydroxyl groups is 3. The summed E-state index contributed by atoms with van der Waals surface area (Å²) in [5, 5.41) is 75.5. The Labute approximate surface area is 336 Å². The molecule has 0 amide bonds. The second-order valence-corrected chi connectivity index (χ2v) is 16.6. The Morgan fingerprint density at radius 1 is 0.673 bits per heavy atom. The lowest BCUT2D eigenvalue weighted by atomic mass is 9.85. The molecule has 0 aromatic heterocycles. The summed E-state index contributed by atoms with van der Waals surface area (Å²) in [5.74, 6) is 0.0461. The Hall–Kier alpha value is -2.06. The zero-order valence-corrected chi connectivity index (χ0v) is 34.3. The van der Waals surface area contributed by atoms with Crippen molar-refractivity contribution in [3.05, 3.63) is 46.5 Å². The molecule has 1 fully saturated rings. The molecule has 11 atom stereocenters. The van der Waals surface area contributed by atoms with Crippen LogP contribution in [0.2, 0.25) is 0 Å². The molecule has 4 aliphatic carbocycles. The number of rotatable bonds is 11. The largest absolute Gasteiger partial charge is 0.508 e. The normalized spacial score (nSPS) is 31.5. The van der Waals surface area contributed by atoms with Gasteiger partial charge in [-0.3, -0.25) is 0 Å². The molecule has 4 bridgehead atoms. The molecule has 2 aromatic carbocycles. The number of phenols is 3. The lowest BCUT2D eigenvalue weighted by Gasteiger charge is -2.40. The average molecular weight is 816 g/mol. The van der Waals surface area contributed by atoms with Crippen LogP contribution in [0.5, 0.6) is 23.0 Å². The van der Waals surface area contributed by atoms with E-state index < -0.39 is 49.5 Å². The molecule has 0 unspecified atom stereocenters. The van der Waals surface area contributed by atoms with Crippen LogP contribution in [-0.4, -0.2) is 98.0 Å². The maximum absolute atomic E-state index is 11.8. The van der Waals surface area contributed by atoms with Gasteiger partial charge < -0.3 is 54.7 Å². The Balaban J connectivity index is 1.75. The summed E-state index contributed by atoms with van der Waals surface area (Å²) in [4.78, 5) is 0. The monoisotopic (exact) mass is 814 g/mol. The molecule has 5 aliphatic rings. The third kappa shape index (κ3) is 12.0. The SMILES string of the molecule is CCCC[C@H]1CCC[C@@H](Cl)C[C@@H](OC)c2cc(O)c(c(O[C@H]3O[C@@H](CO)[C@H](O)[C@H](O)[C@@H]3O)c2)[C@@H](CCCC)CCC[C@H](Cl)C[C@@H](OC)c2cc(O)c1c(O)c2. The van der Waals surface area contributed by atoms with Gasteiger partial charge in [-0.1, -0.05) is 52.4 Å². The van der Waals surface area contributed by atoms with Gasteiger partial charge in [0.15, 0.2) is 0 Å². The number of halogens is 2. The molecule has 1 aliphatic heterocycles. The van der Waals surface area contributed by atoms with Crippen LogP contribution in [0.1, 0.15) is 150 Å². The van der Waals surface area contributed by atoms with Crippen molar-refractivity contribution in [3.8, 4) is 23.0 Å². The maximum Gasteiger partial charge on any atom is 0.229 e. The second kappa shape index (κ2) is 22.2. The first-order chi connectivity index (χ1) is 26.4. The van der Waals surface area contributed by atoms with E-state index in [0.29, 0.717) is 73.6 Å². The first-order valence-corrected chi connectivity index (χ1v) is 21.0. The van der Waals surface area contributed by atoms with E-state index >= 15 is 0 Å². The van der Waals surface area contributed by atoms with E-state index in [-0.39, 0.29) is 45.6 Å². The lowest BCUT2D eigenvalue weighted by molar-refractivity contribution is -0.277. The standard InChI is InChI=1S/C42H64Cl2O11/c1-5-7-11-24-13-9-15-29(44)22-34(53-4)27-19-32(48)38(35(20-27)54-42-41(51)40(50)39(49)36(23-45)55-42)25(12-8-6-2)14-10-16-28(43)21-33(52-3)26-17-30(46)37(24)31(47)18-26/h17-20,24-25,28-29,33-34,36,39-42,45-51H,5-16,21-23H2,1-4H3/t24-,25-,28-,29+,33+,34+,36-,39-,40-,41-,42-/m0/s1. The first kappa shape index (κ1) is 45.6. The Morgan fingerprint density at radius 2 is 1.15 bits per heavy atom. The highest BCUT2D eigenvalue weighted by Crippen LogP contribution is 2.46. The third-order valence-corrected chi connectivity index (χ3v) is 12.2. The molecule has 7 N–H and O–H groups in total. The van der Waals surface area contributed by atoms with Crippen molar-refractivity contribution < 1.29 is 54.7 Å². The highest BCUT2D eigenvalue weighted by Gasteiger charge is 2.45. The molecule has 11 nitrogen and oxygen atoms in total. The average Bonchev–Trinajstić information content (AvgIpc) is 3.15. The Morgan fingerprint density at radius 3 is 1.62 bits per heavy atom. The number of hydrogen-bond acceptors (Lipinski definition) is 11. The highest BCUT2D eigenvalue weighted by atomic mass is 35.5. The predicted molar refractivity (Wildman–Crippen MR) is 213 cm³/mol. The quantitative estimate of drug-likeness (QED) is 0.110. The van der Waals surface area contributed by atoms with Gasteiger partial charge in [0.2, 0.25) is 6.29 Å². The smallest absolute Gasteiger partial charge is 0.229 e. The molecular weight excluding hydrogens is 751 g/mol. The zero-order valence-electron chi connectivity index (χ0n) is 32.8. The number of phenolic OH excluding ortho intramolecular Hbond substituents is 3. The van der Waals surface area contributed by atoms with Gasteiger partial charge in [0.05, 0.1) is 18.8 Å². The summed E-state index contributed by atoms with van der Waals surface area (Å²) in [6.07, 6.45) is 1.53. The van der Waals surface area contributed by atoms with E-state index in [1.165, 1.54) is 0 Å². The number of ether oxygens (including phenoxy) is 4. The van der Waals surface area contributed by atoms with Gasteiger partial charge >= 0.3 is 0 Å². The topological polar surface area (TPSA) is 179 Å². The molecule has 7 rings (SSSR count). The Kier molecular flexibility index (Phi) is 18.4. The van der Waals surface area contributed by atoms with Gasteiger partial charge in [-0.15, -0.1) is 23.2 Å². The first-order valence-electron chi connectivity index (χ1n) is 20.1. The summed E-state index contributed by atoms with van der Waals surface area (Å²) >= 11 is 13.9. The number of hydrogen-bond donors (Lipinski definition) is 7. The van der Waals surface area contributed by atoms with Crippen LogP contribution in [0.15, 0.2) is 24.3 Å². The number of methoxy groups -OCH3 is 2. The van der Waals surface area contributed by atoms with Crippen LogP contribution < -0.4 is 4.74 Å². The minimum Gasteiger partial charge on any atom is -0.508 e. The van der Waals surface area contributed by atoms with Crippen LogP contribution in [-0.2, 0) is 14.2 Å². The molecular formula is C42H64Cl2O11. The van der Waals surface area contributed by atoms with Crippen LogP contribution in [0.4, 0.5) is 0 Å². The zero-order chi connectivity index (χ0) is 40.2. The molecule has 55 heavy (non-hydrogen) atoms. The predicted octanol–water partition coefficient (Wildman–Crippen LogP) is 7.95. The van der Waals surface area contributed by atoms with Gasteiger partial charge in [0.1, 0.15) is 47.4 Å². The second-order valence-electron chi connectivity index (χ2n) is 15.4. The van der Waals surface area contributed by atoms with Crippen molar-refractivity contribution in [2.24, 2.45) is 0 Å². The summed E-state index contributed by atoms with van der Waals surface area (Å²) in [6.45, 7) is 3.59. The van der Waals surface area contributed by atoms with Gasteiger partial charge in [-0.05, 0) is 98.6 Å². The van der Waals surface area contributed by atoms with Gasteiger partial charge in [0.25, 0.3) is 0 Å². The molecule has 0 radical (unpaired) electrons. The van der Waals surface area contributed by atoms with Crippen molar-refractivity contribution in [1.82, 2.24) is 0 Å². The minimum absolute atomic E-state index is 0.0169. The molecule has 0 spiro atoms. The number of unbranched alkanes of at least 4 members (excludes halogenated alkanes) is 2. The van der Waals surface area contributed by atoms with Crippen molar-refractivity contribution in [2.75, 3.05) is 20.8 Å². The number of aliphatic hydroxyl groups excluding tert-OH is 4. The molecule has 0 saturated carbocycles. The molecule has 1 saturated heterocycles. The third-order valence-electron chi connectivity index (χ3n) is 11.4. The highest BCUT2D eigenvalue weighted by molar-refractivity contribution is 6.20. The Bertz CT molecular complexity index is 1440. The van der Waals surface area contributed by atoms with E-state index in [4.69, 9.17) is 42.1 Å². The van der Waals surface area contributed by atoms with Crippen LogP contribution in [0.3, 0.4) is 0 Å². The fourth-order valence-electron chi connectivity index (χ4n) is 8.24. The molecule has 312 valence electrons. The summed E-state index contributed by atoms with van der Waals surface area (Å²) < 4.78 is 23.9. The van der Waals surface area contributed by atoms with Crippen molar-refractivity contribution in [3.63, 3.8) is 0 Å². The van der Waals surface area contributed by atoms with E-state index in [9.17, 15) is 35.7 Å². The van der Waals surface area contributed by atoms with Crippen LogP contribution in [0.25, 0.3) is 0 Å². The minimum atomic E-state index is -1.64. The van der Waals surface area contributed by atoms with E-state index in [0.717, 1.165) is 38.5 Å². The maximum atomic E-state index is 11.8. The number of benzene rings is 2. The fourth-order valence-corrected chi connectivity index (χ4v) is 8.87. The van der Waals surface area contributed by atoms with Crippen LogP contribution in [0, 0.1) is 0 Å². The molecule has 13 heteroatoms. The van der Waals surface area contributed by atoms with Gasteiger partial charge in [-0.2, -0.15) is 0 Å². The number of aliphatic hydroxyl groups is 4. The van der Waals surface area contributed by atoms with Crippen molar-refractivity contribution >= 4 is 23.2 Å². The fraction of sp³-hybridized carbons (Fsp3) is 0.714. The molecule has 2 aromatic rings. The van der Waals surface area contributed by atoms with Crippen molar-refractivity contribution in [2.45, 2.75) is 169 Å². The summed E-state index contributed by atoms with van der Waals surface area (Å²) in [5.41, 5.74) is 2.29. The van der Waals surface area contributed by atoms with Gasteiger partial charge in [0, 0.05) is 36.1 Å². The van der Waals surface area contributed by atoms with Crippen molar-refractivity contribution in [1.29, 1.82) is 0 Å². The summed E-state index contributed by atoms with van der Waals surface area (Å²) in [6, 6.07) is 6.80. The molecule has 1 heterocycles. The summed E-state index contributed by atoms with van der Waals surface area (Å²) in [7, 11) is 3.16. The van der Waals surface area contributed by atoms with E-state index in [2.05, 4.69) is 13.8 Å². The lowest BCUT2D eigenvalue weighted by Crippen LogP contribution is -2.60. The van der Waals surface area contributed by atoms with E-state index in [1.807, 2.05) is 0 Å².